The molecular weight excluding hydrogens is 852 g/mol. The molecule has 4 heterocycles. The molecule has 7 aromatic rings. The number of pyridine rings is 2. The van der Waals surface area contributed by atoms with Crippen LogP contribution >= 0.6 is 0 Å². The number of hydrogen-bond acceptors (Lipinski definition) is 4. The first-order valence-electron chi connectivity index (χ1n) is 18.6. The summed E-state index contributed by atoms with van der Waals surface area (Å²) in [5, 5.41) is 0. The second-order valence-corrected chi connectivity index (χ2v) is 15.7. The number of rotatable bonds is 4. The third-order valence-electron chi connectivity index (χ3n) is 10.1. The van der Waals surface area contributed by atoms with E-state index in [1.54, 1.807) is 0 Å². The summed E-state index contributed by atoms with van der Waals surface area (Å²) in [6, 6.07) is 44.4. The Morgan fingerprint density at radius 2 is 1.42 bits per heavy atom. The van der Waals surface area contributed by atoms with E-state index in [0.29, 0.717) is 0 Å². The molecule has 0 unspecified atom stereocenters. The van der Waals surface area contributed by atoms with E-state index in [1.807, 2.05) is 54.9 Å². The molecule has 55 heavy (non-hydrogen) atoms. The molecule has 0 N–H and O–H groups in total. The molecule has 0 atom stereocenters. The van der Waals surface area contributed by atoms with Crippen molar-refractivity contribution >= 4 is 23.1 Å². The van der Waals surface area contributed by atoms with Crippen molar-refractivity contribution in [3.8, 4) is 56.6 Å². The van der Waals surface area contributed by atoms with Gasteiger partial charge < -0.3 is 19.4 Å². The van der Waals surface area contributed by atoms with Gasteiger partial charge >= 0.3 is 0 Å². The monoisotopic (exact) mass is 895 g/mol. The van der Waals surface area contributed by atoms with Crippen molar-refractivity contribution < 1.29 is 29.6 Å². The van der Waals surface area contributed by atoms with Crippen LogP contribution in [0.5, 0.6) is 23.0 Å². The molecule has 275 valence electrons. The summed E-state index contributed by atoms with van der Waals surface area (Å²) in [6.07, 6.45) is 4.83. The van der Waals surface area contributed by atoms with Crippen LogP contribution < -0.4 is 25.9 Å². The number of para-hydroxylation sites is 1. The zero-order valence-corrected chi connectivity index (χ0v) is 34.8. The van der Waals surface area contributed by atoms with Gasteiger partial charge in [0.05, 0.1) is 0 Å². The summed E-state index contributed by atoms with van der Waals surface area (Å²) in [6.45, 7) is 15.3. The van der Waals surface area contributed by atoms with Gasteiger partial charge in [0, 0.05) is 43.7 Å². The fourth-order valence-electron chi connectivity index (χ4n) is 7.61. The first-order chi connectivity index (χ1) is 26.0. The molecule has 6 heteroatoms. The third-order valence-corrected chi connectivity index (χ3v) is 10.1. The van der Waals surface area contributed by atoms with E-state index in [-0.39, 0.29) is 32.2 Å². The van der Waals surface area contributed by atoms with Gasteiger partial charge in [0.15, 0.2) is 0 Å². The van der Waals surface area contributed by atoms with Crippen LogP contribution in [0.25, 0.3) is 33.6 Å². The SMILES string of the molecule is CC(C)(C)Cc1ccnc(-c2[c-]ccc3c2Oc2cccc4c2B3c2ccccc2O4)c1.Cc1c[c-]c(-c2cc(-c3ccc(C)cc3C)c(C)cn2)cc1.[Ir]. The fraction of sp³-hybridized carbons (Fsp3) is 0.184. The van der Waals surface area contributed by atoms with E-state index < -0.39 is 0 Å². The van der Waals surface area contributed by atoms with Crippen molar-refractivity contribution in [1.29, 1.82) is 0 Å². The Morgan fingerprint density at radius 1 is 0.655 bits per heavy atom. The first kappa shape index (κ1) is 38.0. The molecule has 0 saturated heterocycles. The van der Waals surface area contributed by atoms with Gasteiger partial charge in [-0.2, -0.15) is 0 Å². The second kappa shape index (κ2) is 15.5. The summed E-state index contributed by atoms with van der Waals surface area (Å²) in [7, 11) is 0. The second-order valence-electron chi connectivity index (χ2n) is 15.7. The van der Waals surface area contributed by atoms with Crippen LogP contribution in [0.1, 0.15) is 48.6 Å². The van der Waals surface area contributed by atoms with Crippen LogP contribution in [-0.4, -0.2) is 16.7 Å². The number of hydrogen-bond donors (Lipinski definition) is 0. The minimum Gasteiger partial charge on any atom is -0.503 e. The molecule has 2 aromatic heterocycles. The number of aromatic nitrogens is 2. The van der Waals surface area contributed by atoms with E-state index in [1.165, 1.54) is 38.9 Å². The van der Waals surface area contributed by atoms with Gasteiger partial charge in [-0.05, 0) is 96.0 Å². The summed E-state index contributed by atoms with van der Waals surface area (Å²) in [4.78, 5) is 9.27. The Morgan fingerprint density at radius 3 is 2.18 bits per heavy atom. The maximum atomic E-state index is 6.51. The number of fused-ring (bicyclic) bond motifs is 4. The minimum absolute atomic E-state index is 0. The van der Waals surface area contributed by atoms with Crippen LogP contribution in [0.4, 0.5) is 0 Å². The van der Waals surface area contributed by atoms with E-state index in [9.17, 15) is 0 Å². The summed E-state index contributed by atoms with van der Waals surface area (Å²) in [5.74, 6) is 3.42. The zero-order chi connectivity index (χ0) is 37.6. The van der Waals surface area contributed by atoms with Crippen molar-refractivity contribution in [3.05, 3.63) is 162 Å². The first-order valence-corrected chi connectivity index (χ1v) is 18.6. The number of aryl methyl sites for hydroxylation is 4. The largest absolute Gasteiger partial charge is 0.503 e. The van der Waals surface area contributed by atoms with Crippen molar-refractivity contribution in [2.45, 2.75) is 54.9 Å². The average molecular weight is 895 g/mol. The summed E-state index contributed by atoms with van der Waals surface area (Å²) < 4.78 is 12.7. The van der Waals surface area contributed by atoms with Gasteiger partial charge in [-0.25, -0.2) is 0 Å². The molecular formula is C49H43BIrN2O2-2. The molecule has 5 aromatic carbocycles. The Labute approximate surface area is 339 Å². The molecule has 0 aliphatic carbocycles. The Hall–Kier alpha value is -5.29. The normalized spacial score (nSPS) is 12.1. The van der Waals surface area contributed by atoms with E-state index in [4.69, 9.17) is 14.5 Å². The minimum atomic E-state index is 0. The fourth-order valence-corrected chi connectivity index (χ4v) is 7.61. The molecule has 4 nitrogen and oxygen atoms in total. The molecule has 2 aliphatic heterocycles. The standard InChI is InChI=1S/C28H23BNO2.C21H20N.Ir/c1-28(2,3)17-18-14-15-30-22(16-18)19-8-6-10-21-27(19)32-25-13-7-12-24-26(25)29(21)20-9-4-5-11-23(20)31-24;1-14-5-8-18(9-6-14)21-12-20(17(4)13-22-21)19-10-7-15(2)11-16(19)3;/h4-7,9-16H,17H2,1-3H3;5-8,10-13H,1-4H3;/q2*-1;. The van der Waals surface area contributed by atoms with E-state index >= 15 is 0 Å². The Kier molecular flexibility index (Phi) is 10.7. The molecule has 9 rings (SSSR count). The number of ether oxygens (including phenoxy) is 2. The van der Waals surface area contributed by atoms with Gasteiger partial charge in [-0.3, -0.25) is 0 Å². The van der Waals surface area contributed by atoms with Crippen molar-refractivity contribution in [2.75, 3.05) is 0 Å². The maximum Gasteiger partial charge on any atom is 0.241 e. The molecule has 0 fully saturated rings. The average Bonchev–Trinajstić information content (AvgIpc) is 3.15. The molecule has 0 saturated carbocycles. The van der Waals surface area contributed by atoms with Gasteiger partial charge in [0.1, 0.15) is 17.2 Å². The van der Waals surface area contributed by atoms with Gasteiger partial charge in [0.2, 0.25) is 6.71 Å². The maximum absolute atomic E-state index is 6.51. The topological polar surface area (TPSA) is 44.2 Å². The molecule has 0 amide bonds. The Balaban J connectivity index is 0.000000178. The summed E-state index contributed by atoms with van der Waals surface area (Å²) in [5.41, 5.74) is 16.2. The van der Waals surface area contributed by atoms with Crippen LogP contribution in [0.3, 0.4) is 0 Å². The summed E-state index contributed by atoms with van der Waals surface area (Å²) >= 11 is 0. The van der Waals surface area contributed by atoms with Gasteiger partial charge in [0.25, 0.3) is 0 Å². The van der Waals surface area contributed by atoms with Crippen LogP contribution in [0.2, 0.25) is 0 Å². The molecule has 0 spiro atoms. The van der Waals surface area contributed by atoms with E-state index in [2.05, 4.69) is 132 Å². The van der Waals surface area contributed by atoms with Gasteiger partial charge in [-0.1, -0.05) is 99.0 Å². The van der Waals surface area contributed by atoms with Crippen molar-refractivity contribution in [1.82, 2.24) is 9.97 Å². The molecule has 2 aliphatic rings. The Bertz CT molecular complexity index is 2520. The van der Waals surface area contributed by atoms with Crippen molar-refractivity contribution in [2.24, 2.45) is 5.41 Å². The van der Waals surface area contributed by atoms with Gasteiger partial charge in [-0.15, -0.1) is 59.1 Å². The smallest absolute Gasteiger partial charge is 0.241 e. The number of benzene rings is 5. The molecule has 1 radical (unpaired) electrons. The zero-order valence-electron chi connectivity index (χ0n) is 32.4. The third kappa shape index (κ3) is 7.80. The predicted molar refractivity (Wildman–Crippen MR) is 222 cm³/mol. The van der Waals surface area contributed by atoms with Crippen LogP contribution in [-0.2, 0) is 26.5 Å². The molecule has 0 bridgehead atoms. The van der Waals surface area contributed by atoms with Crippen LogP contribution in [0, 0.1) is 45.2 Å². The van der Waals surface area contributed by atoms with Crippen LogP contribution in [0.15, 0.2) is 122 Å². The number of nitrogens with zero attached hydrogens (tertiary/aromatic N) is 2. The van der Waals surface area contributed by atoms with Crippen molar-refractivity contribution in [3.63, 3.8) is 0 Å². The van der Waals surface area contributed by atoms with E-state index in [0.717, 1.165) is 68.3 Å². The quantitative estimate of drug-likeness (QED) is 0.130. The predicted octanol–water partition coefficient (Wildman–Crippen LogP) is 10.3.